The number of aromatic nitrogens is 2. The number of anilines is 1. The van der Waals surface area contributed by atoms with Gasteiger partial charge in [-0.1, -0.05) is 0 Å². The molecule has 28 heavy (non-hydrogen) atoms. The molecule has 1 saturated carbocycles. The van der Waals surface area contributed by atoms with Gasteiger partial charge in [0.2, 0.25) is 0 Å². The third-order valence-corrected chi connectivity index (χ3v) is 5.21. The second kappa shape index (κ2) is 6.97. The number of amides is 1. The van der Waals surface area contributed by atoms with Crippen LogP contribution < -0.4 is 5.32 Å². The van der Waals surface area contributed by atoms with Gasteiger partial charge in [0, 0.05) is 23.0 Å². The van der Waals surface area contributed by atoms with Gasteiger partial charge >= 0.3 is 6.18 Å². The van der Waals surface area contributed by atoms with Crippen molar-refractivity contribution in [3.05, 3.63) is 64.5 Å². The summed E-state index contributed by atoms with van der Waals surface area (Å²) in [7, 11) is 0. The number of hydrogen-bond acceptors (Lipinski definition) is 4. The quantitative estimate of drug-likeness (QED) is 0.582. The second-order valence-electron chi connectivity index (χ2n) is 6.44. The fraction of sp³-hybridized carbons (Fsp3) is 0.211. The van der Waals surface area contributed by atoms with E-state index in [9.17, 15) is 22.4 Å². The van der Waals surface area contributed by atoms with Crippen LogP contribution in [0.15, 0.2) is 42.6 Å². The summed E-state index contributed by atoms with van der Waals surface area (Å²) in [6.07, 6.45) is -1.79. The van der Waals surface area contributed by atoms with Gasteiger partial charge in [0.05, 0.1) is 5.69 Å². The molecule has 0 saturated heterocycles. The van der Waals surface area contributed by atoms with Gasteiger partial charge in [0.15, 0.2) is 0 Å². The highest BCUT2D eigenvalue weighted by molar-refractivity contribution is 7.08. The second-order valence-corrected chi connectivity index (χ2v) is 7.21. The topological polar surface area (TPSA) is 54.9 Å². The van der Waals surface area contributed by atoms with E-state index in [2.05, 4.69) is 14.7 Å². The molecule has 3 aromatic rings. The van der Waals surface area contributed by atoms with Crippen LogP contribution >= 0.6 is 11.5 Å². The number of nitrogens with zero attached hydrogens (tertiary/aromatic N) is 2. The van der Waals surface area contributed by atoms with E-state index >= 15 is 0 Å². The maximum Gasteiger partial charge on any atom is 0.433 e. The first-order valence-electron chi connectivity index (χ1n) is 8.43. The summed E-state index contributed by atoms with van der Waals surface area (Å²) in [4.78, 5) is 16.4. The molecule has 4 nitrogen and oxygen atoms in total. The Morgan fingerprint density at radius 1 is 1.14 bits per heavy atom. The van der Waals surface area contributed by atoms with Gasteiger partial charge < -0.3 is 5.32 Å². The van der Waals surface area contributed by atoms with E-state index in [0.29, 0.717) is 16.1 Å². The molecule has 0 aliphatic heterocycles. The third-order valence-electron chi connectivity index (χ3n) is 4.35. The predicted octanol–water partition coefficient (Wildman–Crippen LogP) is 5.49. The Kier molecular flexibility index (Phi) is 4.62. The monoisotopic (exact) mass is 407 g/mol. The molecule has 1 N–H and O–H groups in total. The molecule has 0 spiro atoms. The van der Waals surface area contributed by atoms with Gasteiger partial charge in [0.1, 0.15) is 16.4 Å². The molecule has 1 amide bonds. The largest absolute Gasteiger partial charge is 0.433 e. The van der Waals surface area contributed by atoms with Crippen molar-refractivity contribution in [3.63, 3.8) is 0 Å². The zero-order valence-corrected chi connectivity index (χ0v) is 15.1. The van der Waals surface area contributed by atoms with Crippen LogP contribution in [0.25, 0.3) is 11.3 Å². The molecule has 2 aromatic heterocycles. The number of pyridine rings is 1. The van der Waals surface area contributed by atoms with Crippen LogP contribution in [-0.2, 0) is 6.18 Å². The van der Waals surface area contributed by atoms with Crippen molar-refractivity contribution < 1.29 is 22.4 Å². The van der Waals surface area contributed by atoms with Gasteiger partial charge in [-0.3, -0.25) is 9.78 Å². The lowest BCUT2D eigenvalue weighted by molar-refractivity contribution is -0.141. The summed E-state index contributed by atoms with van der Waals surface area (Å²) >= 11 is 0.987. The molecule has 0 radical (unpaired) electrons. The fourth-order valence-electron chi connectivity index (χ4n) is 2.88. The van der Waals surface area contributed by atoms with E-state index < -0.39 is 17.8 Å². The molecule has 1 aliphatic carbocycles. The van der Waals surface area contributed by atoms with Gasteiger partial charge in [0.25, 0.3) is 5.91 Å². The predicted molar refractivity (Wildman–Crippen MR) is 96.7 cm³/mol. The number of carbonyl (C=O) groups is 1. The van der Waals surface area contributed by atoms with Crippen LogP contribution in [0.4, 0.5) is 23.2 Å². The normalized spacial score (nSPS) is 14.1. The van der Waals surface area contributed by atoms with Crippen LogP contribution in [0.2, 0.25) is 0 Å². The maximum absolute atomic E-state index is 13.2. The van der Waals surface area contributed by atoms with Crippen molar-refractivity contribution >= 4 is 23.1 Å². The van der Waals surface area contributed by atoms with Crippen LogP contribution in [0.5, 0.6) is 0 Å². The number of carbonyl (C=O) groups excluding carboxylic acids is 1. The fourth-order valence-corrected chi connectivity index (χ4v) is 3.76. The first kappa shape index (κ1) is 18.5. The SMILES string of the molecule is O=C(Nc1ccnc(C(F)(F)F)c1)c1snc(-c2ccc(F)cc2)c1C1CC1. The van der Waals surface area contributed by atoms with Gasteiger partial charge in [-0.15, -0.1) is 0 Å². The van der Waals surface area contributed by atoms with Gasteiger partial charge in [-0.05, 0) is 66.7 Å². The zero-order valence-electron chi connectivity index (χ0n) is 14.3. The Hall–Kier alpha value is -2.81. The minimum absolute atomic E-state index is 0.00537. The Balaban J connectivity index is 1.64. The molecule has 2 heterocycles. The first-order chi connectivity index (χ1) is 13.3. The van der Waals surface area contributed by atoms with Crippen LogP contribution in [0.1, 0.15) is 39.7 Å². The molecule has 0 atom stereocenters. The molecule has 0 bridgehead atoms. The Morgan fingerprint density at radius 3 is 2.50 bits per heavy atom. The highest BCUT2D eigenvalue weighted by Crippen LogP contribution is 2.47. The molecule has 1 aromatic carbocycles. The summed E-state index contributed by atoms with van der Waals surface area (Å²) in [6.45, 7) is 0. The van der Waals surface area contributed by atoms with Crippen molar-refractivity contribution in [3.8, 4) is 11.3 Å². The number of benzene rings is 1. The average Bonchev–Trinajstić information content (AvgIpc) is 3.40. The summed E-state index contributed by atoms with van der Waals surface area (Å²) in [5, 5.41) is 2.50. The number of halogens is 4. The van der Waals surface area contributed by atoms with Crippen molar-refractivity contribution in [1.82, 2.24) is 9.36 Å². The van der Waals surface area contributed by atoms with E-state index in [1.807, 2.05) is 0 Å². The minimum Gasteiger partial charge on any atom is -0.321 e. The summed E-state index contributed by atoms with van der Waals surface area (Å²) in [5.74, 6) is -0.724. The highest BCUT2D eigenvalue weighted by atomic mass is 32.1. The van der Waals surface area contributed by atoms with Crippen molar-refractivity contribution in [2.75, 3.05) is 5.32 Å². The molecule has 9 heteroatoms. The third kappa shape index (κ3) is 3.75. The highest BCUT2D eigenvalue weighted by Gasteiger charge is 2.35. The summed E-state index contributed by atoms with van der Waals surface area (Å²) in [6, 6.07) is 7.91. The smallest absolute Gasteiger partial charge is 0.321 e. The number of rotatable bonds is 4. The first-order valence-corrected chi connectivity index (χ1v) is 9.20. The lowest BCUT2D eigenvalue weighted by Gasteiger charge is -2.09. The Labute approximate surface area is 161 Å². The summed E-state index contributed by atoms with van der Waals surface area (Å²) in [5.41, 5.74) is 0.999. The Bertz CT molecular complexity index is 1030. The van der Waals surface area contributed by atoms with Crippen LogP contribution in [0.3, 0.4) is 0 Å². The number of alkyl halides is 3. The average molecular weight is 407 g/mol. The molecule has 4 rings (SSSR count). The molecule has 0 unspecified atom stereocenters. The van der Waals surface area contributed by atoms with E-state index in [1.54, 1.807) is 12.1 Å². The number of hydrogen-bond donors (Lipinski definition) is 1. The molecular weight excluding hydrogens is 394 g/mol. The van der Waals surface area contributed by atoms with Crippen molar-refractivity contribution in [2.45, 2.75) is 24.9 Å². The van der Waals surface area contributed by atoms with Gasteiger partial charge in [-0.2, -0.15) is 17.5 Å². The minimum atomic E-state index is -4.60. The van der Waals surface area contributed by atoms with E-state index in [-0.39, 0.29) is 17.4 Å². The Morgan fingerprint density at radius 2 is 1.86 bits per heavy atom. The molecule has 144 valence electrons. The standard InChI is InChI=1S/C19H13F4N3OS/c20-12-5-3-11(4-6-12)16-15(10-1-2-10)17(28-26-16)18(27)25-13-7-8-24-14(9-13)19(21,22)23/h3-10H,1-2H2,(H,24,25,27). The lowest BCUT2D eigenvalue weighted by atomic mass is 10.0. The van der Waals surface area contributed by atoms with E-state index in [1.165, 1.54) is 18.2 Å². The number of nitrogens with one attached hydrogen (secondary N) is 1. The van der Waals surface area contributed by atoms with Gasteiger partial charge in [-0.25, -0.2) is 4.39 Å². The van der Waals surface area contributed by atoms with Crippen molar-refractivity contribution in [2.24, 2.45) is 0 Å². The van der Waals surface area contributed by atoms with Crippen molar-refractivity contribution in [1.29, 1.82) is 0 Å². The van der Waals surface area contributed by atoms with Crippen LogP contribution in [-0.4, -0.2) is 15.3 Å². The maximum atomic E-state index is 13.2. The lowest BCUT2D eigenvalue weighted by Crippen LogP contribution is -2.14. The van der Waals surface area contributed by atoms with E-state index in [0.717, 1.165) is 42.2 Å². The molecular formula is C19H13F4N3OS. The summed E-state index contributed by atoms with van der Waals surface area (Å²) < 4.78 is 56.0. The van der Waals surface area contributed by atoms with E-state index in [4.69, 9.17) is 0 Å². The molecule has 1 fully saturated rings. The van der Waals surface area contributed by atoms with Crippen LogP contribution in [0, 0.1) is 5.82 Å². The zero-order chi connectivity index (χ0) is 19.9. The molecule has 1 aliphatic rings.